The molecule has 8 heteroatoms. The second-order valence-corrected chi connectivity index (χ2v) is 8.56. The Balaban J connectivity index is 1.75. The minimum Gasteiger partial charge on any atom is -0.402 e. The lowest BCUT2D eigenvalue weighted by Gasteiger charge is -2.06. The summed E-state index contributed by atoms with van der Waals surface area (Å²) < 4.78 is 5.56. The Morgan fingerprint density at radius 3 is 2.76 bits per heavy atom. The van der Waals surface area contributed by atoms with Gasteiger partial charge in [-0.2, -0.15) is 0 Å². The van der Waals surface area contributed by atoms with E-state index < -0.39 is 0 Å². The van der Waals surface area contributed by atoms with Gasteiger partial charge in [0, 0.05) is 15.7 Å². The van der Waals surface area contributed by atoms with E-state index in [1.807, 2.05) is 32.0 Å². The average molecular weight is 374 g/mol. The zero-order valence-electron chi connectivity index (χ0n) is 14.4. The molecule has 1 aromatic carbocycles. The number of thioether (sulfide) groups is 1. The topological polar surface area (TPSA) is 80.9 Å². The molecule has 0 fully saturated rings. The number of aryl methyl sites for hydroxylation is 2. The molecular formula is C17H18N4O2S2. The molecule has 130 valence electrons. The third kappa shape index (κ3) is 4.26. The highest BCUT2D eigenvalue weighted by Crippen LogP contribution is 2.29. The van der Waals surface area contributed by atoms with Gasteiger partial charge in [-0.15, -0.1) is 28.2 Å². The van der Waals surface area contributed by atoms with Crippen molar-refractivity contribution in [1.29, 1.82) is 0 Å². The third-order valence-electron chi connectivity index (χ3n) is 3.21. The van der Waals surface area contributed by atoms with Gasteiger partial charge in [0.15, 0.2) is 0 Å². The Kier molecular flexibility index (Phi) is 5.19. The van der Waals surface area contributed by atoms with Crippen LogP contribution in [0.4, 0.5) is 6.01 Å². The van der Waals surface area contributed by atoms with E-state index in [1.165, 1.54) is 11.3 Å². The van der Waals surface area contributed by atoms with Crippen LogP contribution in [0.5, 0.6) is 0 Å². The predicted molar refractivity (Wildman–Crippen MR) is 100 cm³/mol. The Morgan fingerprint density at radius 1 is 1.28 bits per heavy atom. The normalized spacial score (nSPS) is 11.1. The maximum atomic E-state index is 12.4. The van der Waals surface area contributed by atoms with Gasteiger partial charge in [0.1, 0.15) is 4.88 Å². The van der Waals surface area contributed by atoms with Crippen molar-refractivity contribution in [2.75, 3.05) is 5.32 Å². The van der Waals surface area contributed by atoms with Crippen molar-refractivity contribution in [3.05, 3.63) is 40.5 Å². The number of amides is 1. The lowest BCUT2D eigenvalue weighted by atomic mass is 10.2. The fourth-order valence-corrected chi connectivity index (χ4v) is 3.98. The first-order chi connectivity index (χ1) is 11.9. The number of nitrogens with zero attached hydrogens (tertiary/aromatic N) is 3. The third-order valence-corrected chi connectivity index (χ3v) is 5.27. The van der Waals surface area contributed by atoms with Crippen molar-refractivity contribution in [2.24, 2.45) is 0 Å². The molecule has 0 aliphatic carbocycles. The highest BCUT2D eigenvalue weighted by atomic mass is 32.2. The van der Waals surface area contributed by atoms with Crippen LogP contribution < -0.4 is 5.32 Å². The van der Waals surface area contributed by atoms with E-state index in [9.17, 15) is 4.79 Å². The van der Waals surface area contributed by atoms with E-state index in [1.54, 1.807) is 17.8 Å². The molecule has 6 nitrogen and oxygen atoms in total. The number of benzene rings is 1. The lowest BCUT2D eigenvalue weighted by molar-refractivity contribution is 0.102. The molecule has 0 spiro atoms. The smallest absolute Gasteiger partial charge is 0.322 e. The van der Waals surface area contributed by atoms with Crippen molar-refractivity contribution < 1.29 is 9.21 Å². The minimum absolute atomic E-state index is 0.0763. The Hall–Kier alpha value is -2.19. The van der Waals surface area contributed by atoms with Gasteiger partial charge in [-0.1, -0.05) is 25.0 Å². The number of nitrogens with one attached hydrogen (secondary N) is 1. The summed E-state index contributed by atoms with van der Waals surface area (Å²) in [6.07, 6.45) is 0. The molecule has 0 aliphatic heterocycles. The molecule has 3 rings (SSSR count). The van der Waals surface area contributed by atoms with E-state index in [4.69, 9.17) is 4.42 Å². The number of rotatable bonds is 5. The molecule has 0 unspecified atom stereocenters. The first-order valence-corrected chi connectivity index (χ1v) is 9.48. The van der Waals surface area contributed by atoms with Gasteiger partial charge >= 0.3 is 6.01 Å². The molecule has 1 amide bonds. The second-order valence-electron chi connectivity index (χ2n) is 5.71. The maximum absolute atomic E-state index is 12.4. The van der Waals surface area contributed by atoms with E-state index in [0.717, 1.165) is 20.5 Å². The van der Waals surface area contributed by atoms with Gasteiger partial charge in [0.25, 0.3) is 11.8 Å². The van der Waals surface area contributed by atoms with Gasteiger partial charge in [0.2, 0.25) is 0 Å². The number of hydrogen-bond donors (Lipinski definition) is 1. The summed E-state index contributed by atoms with van der Waals surface area (Å²) in [6, 6.07) is 7.54. The zero-order valence-corrected chi connectivity index (χ0v) is 16.0. The van der Waals surface area contributed by atoms with E-state index in [2.05, 4.69) is 34.3 Å². The summed E-state index contributed by atoms with van der Waals surface area (Å²) in [6.45, 7) is 8.03. The zero-order chi connectivity index (χ0) is 18.0. The van der Waals surface area contributed by atoms with Crippen molar-refractivity contribution in [3.8, 4) is 10.8 Å². The molecule has 0 saturated carbocycles. The van der Waals surface area contributed by atoms with Crippen molar-refractivity contribution in [1.82, 2.24) is 15.2 Å². The minimum atomic E-state index is -0.279. The van der Waals surface area contributed by atoms with Crippen LogP contribution in [-0.4, -0.2) is 26.3 Å². The molecule has 25 heavy (non-hydrogen) atoms. The fourth-order valence-electron chi connectivity index (χ4n) is 2.25. The summed E-state index contributed by atoms with van der Waals surface area (Å²) in [4.78, 5) is 18.6. The number of thiazole rings is 1. The molecule has 0 aliphatic rings. The number of hydrogen-bond acceptors (Lipinski definition) is 7. The van der Waals surface area contributed by atoms with Gasteiger partial charge in [-0.05, 0) is 32.0 Å². The van der Waals surface area contributed by atoms with Crippen LogP contribution in [0.2, 0.25) is 0 Å². The van der Waals surface area contributed by atoms with Gasteiger partial charge in [-0.3, -0.25) is 10.1 Å². The van der Waals surface area contributed by atoms with E-state index in [-0.39, 0.29) is 11.9 Å². The van der Waals surface area contributed by atoms with E-state index >= 15 is 0 Å². The molecule has 0 bridgehead atoms. The number of carbonyl (C=O) groups is 1. The van der Waals surface area contributed by atoms with Crippen LogP contribution in [0.25, 0.3) is 10.8 Å². The number of carbonyl (C=O) groups excluding carboxylic acids is 1. The quantitative estimate of drug-likeness (QED) is 0.659. The van der Waals surface area contributed by atoms with Crippen molar-refractivity contribution in [2.45, 2.75) is 37.8 Å². The number of anilines is 1. The van der Waals surface area contributed by atoms with Gasteiger partial charge in [0.05, 0.1) is 10.7 Å². The van der Waals surface area contributed by atoms with Crippen LogP contribution in [0.1, 0.15) is 34.9 Å². The molecule has 0 radical (unpaired) electrons. The molecular weight excluding hydrogens is 356 g/mol. The Bertz CT molecular complexity index is 902. The highest BCUT2D eigenvalue weighted by molar-refractivity contribution is 7.99. The second kappa shape index (κ2) is 7.37. The summed E-state index contributed by atoms with van der Waals surface area (Å²) >= 11 is 3.19. The van der Waals surface area contributed by atoms with Crippen molar-refractivity contribution in [3.63, 3.8) is 0 Å². The molecule has 0 saturated heterocycles. The summed E-state index contributed by atoms with van der Waals surface area (Å²) in [5.74, 6) is 0.0844. The predicted octanol–water partition coefficient (Wildman–Crippen LogP) is 4.56. The van der Waals surface area contributed by atoms with Gasteiger partial charge in [-0.25, -0.2) is 4.98 Å². The standard InChI is InChI=1S/C17H18N4O2S2/c1-9(2)24-13-7-5-6-12(8-13)15(22)19-17-21-20-16(23-17)14-10(3)18-11(4)25-14/h5-9H,1-4H3,(H,19,21,22). The first-order valence-electron chi connectivity index (χ1n) is 7.78. The monoisotopic (exact) mass is 374 g/mol. The maximum Gasteiger partial charge on any atom is 0.322 e. The van der Waals surface area contributed by atoms with Crippen LogP contribution >= 0.6 is 23.1 Å². The molecule has 2 heterocycles. The fraction of sp³-hybridized carbons (Fsp3) is 0.294. The first kappa shape index (κ1) is 17.6. The lowest BCUT2D eigenvalue weighted by Crippen LogP contribution is -2.12. The number of aromatic nitrogens is 3. The molecule has 0 atom stereocenters. The molecule has 1 N–H and O–H groups in total. The SMILES string of the molecule is Cc1nc(C)c(-c2nnc(NC(=O)c3cccc(SC(C)C)c3)o2)s1. The Labute approximate surface area is 154 Å². The Morgan fingerprint density at radius 2 is 2.08 bits per heavy atom. The van der Waals surface area contributed by atoms with Crippen molar-refractivity contribution >= 4 is 35.0 Å². The largest absolute Gasteiger partial charge is 0.402 e. The summed E-state index contributed by atoms with van der Waals surface area (Å²) in [7, 11) is 0. The van der Waals surface area contributed by atoms with Crippen LogP contribution in [0, 0.1) is 13.8 Å². The average Bonchev–Trinajstić information content (AvgIpc) is 3.13. The highest BCUT2D eigenvalue weighted by Gasteiger charge is 2.17. The summed E-state index contributed by atoms with van der Waals surface area (Å²) in [5.41, 5.74) is 1.39. The van der Waals surface area contributed by atoms with Crippen LogP contribution in [-0.2, 0) is 0 Å². The van der Waals surface area contributed by atoms with Gasteiger partial charge < -0.3 is 4.42 Å². The molecule has 3 aromatic rings. The van der Waals surface area contributed by atoms with Crippen LogP contribution in [0.3, 0.4) is 0 Å². The van der Waals surface area contributed by atoms with Crippen LogP contribution in [0.15, 0.2) is 33.6 Å². The summed E-state index contributed by atoms with van der Waals surface area (Å²) in [5, 5.41) is 11.9. The van der Waals surface area contributed by atoms with E-state index in [0.29, 0.717) is 16.7 Å². The molecule has 2 aromatic heterocycles.